The molecular weight excluding hydrogens is 303 g/mol. The normalized spacial score (nSPS) is 11.4. The van der Waals surface area contributed by atoms with Crippen LogP contribution in [0.2, 0.25) is 0 Å². The van der Waals surface area contributed by atoms with E-state index < -0.39 is 5.82 Å². The van der Waals surface area contributed by atoms with Gasteiger partial charge >= 0.3 is 0 Å². The number of rotatable bonds is 3. The van der Waals surface area contributed by atoms with Crippen LogP contribution in [0, 0.1) is 5.82 Å². The van der Waals surface area contributed by atoms with E-state index in [0.717, 1.165) is 11.2 Å². The fourth-order valence-electron chi connectivity index (χ4n) is 2.50. The van der Waals surface area contributed by atoms with Crippen molar-refractivity contribution < 1.29 is 4.39 Å². The third kappa shape index (κ3) is 2.56. The van der Waals surface area contributed by atoms with Crippen LogP contribution >= 0.6 is 0 Å². The van der Waals surface area contributed by atoms with E-state index >= 15 is 0 Å². The summed E-state index contributed by atoms with van der Waals surface area (Å²) in [6, 6.07) is 21.8. The number of halogens is 1. The second kappa shape index (κ2) is 6.04. The van der Waals surface area contributed by atoms with Crippen molar-refractivity contribution in [3.63, 3.8) is 0 Å². The van der Waals surface area contributed by atoms with Crippen LogP contribution < -0.4 is 0 Å². The smallest absolute Gasteiger partial charge is 0.187 e. The van der Waals surface area contributed by atoms with Crippen LogP contribution in [0.4, 0.5) is 15.9 Å². The minimum Gasteiger partial charge on any atom is -0.283 e. The van der Waals surface area contributed by atoms with Crippen molar-refractivity contribution >= 4 is 17.2 Å². The lowest BCUT2D eigenvalue weighted by Crippen LogP contribution is -1.81. The topological polar surface area (TPSA) is 42.0 Å². The summed E-state index contributed by atoms with van der Waals surface area (Å²) in [6.45, 7) is 0. The van der Waals surface area contributed by atoms with E-state index in [4.69, 9.17) is 0 Å². The minimum absolute atomic E-state index is 0.197. The average Bonchev–Trinajstić information content (AvgIpc) is 3.00. The SMILES string of the molecule is Fc1ccccc1N=Nc1c(-c2ccccc2)nc2ccccn12. The van der Waals surface area contributed by atoms with Gasteiger partial charge in [-0.3, -0.25) is 4.40 Å². The number of fused-ring (bicyclic) bond motifs is 1. The zero-order valence-electron chi connectivity index (χ0n) is 12.7. The Morgan fingerprint density at radius 2 is 1.54 bits per heavy atom. The summed E-state index contributed by atoms with van der Waals surface area (Å²) in [5.41, 5.74) is 2.60. The van der Waals surface area contributed by atoms with Crippen molar-refractivity contribution in [1.29, 1.82) is 0 Å². The van der Waals surface area contributed by atoms with Crippen molar-refractivity contribution in [2.75, 3.05) is 0 Å². The first-order valence-corrected chi connectivity index (χ1v) is 7.52. The molecule has 5 heteroatoms. The van der Waals surface area contributed by atoms with Gasteiger partial charge in [-0.15, -0.1) is 10.2 Å². The number of azo groups is 1. The molecule has 0 bridgehead atoms. The summed E-state index contributed by atoms with van der Waals surface area (Å²) >= 11 is 0. The van der Waals surface area contributed by atoms with Crippen molar-refractivity contribution in [2.24, 2.45) is 10.2 Å². The van der Waals surface area contributed by atoms with Gasteiger partial charge in [-0.1, -0.05) is 48.5 Å². The van der Waals surface area contributed by atoms with Crippen molar-refractivity contribution in [2.45, 2.75) is 0 Å². The van der Waals surface area contributed by atoms with Crippen molar-refractivity contribution in [1.82, 2.24) is 9.38 Å². The fraction of sp³-hybridized carbons (Fsp3) is 0. The molecule has 2 aromatic carbocycles. The molecule has 116 valence electrons. The molecule has 0 spiro atoms. The molecule has 0 aliphatic carbocycles. The van der Waals surface area contributed by atoms with E-state index in [9.17, 15) is 4.39 Å². The summed E-state index contributed by atoms with van der Waals surface area (Å²) in [5.74, 6) is 0.163. The zero-order valence-corrected chi connectivity index (χ0v) is 12.7. The van der Waals surface area contributed by atoms with E-state index in [-0.39, 0.29) is 5.69 Å². The Balaban J connectivity index is 1.89. The predicted octanol–water partition coefficient (Wildman–Crippen LogP) is 5.56. The highest BCUT2D eigenvalue weighted by molar-refractivity contribution is 5.74. The molecule has 0 N–H and O–H groups in total. The van der Waals surface area contributed by atoms with Gasteiger partial charge in [-0.2, -0.15) is 0 Å². The van der Waals surface area contributed by atoms with Crippen LogP contribution in [-0.2, 0) is 0 Å². The molecule has 0 amide bonds. The molecule has 24 heavy (non-hydrogen) atoms. The first-order chi connectivity index (χ1) is 11.8. The Morgan fingerprint density at radius 1 is 0.792 bits per heavy atom. The van der Waals surface area contributed by atoms with Gasteiger partial charge in [-0.05, 0) is 24.3 Å². The summed E-state index contributed by atoms with van der Waals surface area (Å²) < 4.78 is 15.6. The third-order valence-corrected chi connectivity index (χ3v) is 3.66. The highest BCUT2D eigenvalue weighted by atomic mass is 19.1. The first kappa shape index (κ1) is 14.3. The maximum Gasteiger partial charge on any atom is 0.187 e. The summed E-state index contributed by atoms with van der Waals surface area (Å²) in [7, 11) is 0. The standard InChI is InChI=1S/C19H13FN4/c20-15-10-4-5-11-16(15)22-23-19-18(14-8-2-1-3-9-14)21-17-12-6-7-13-24(17)19/h1-13H. The van der Waals surface area contributed by atoms with Crippen LogP contribution in [-0.4, -0.2) is 9.38 Å². The molecular formula is C19H13FN4. The second-order valence-electron chi connectivity index (χ2n) is 5.23. The summed E-state index contributed by atoms with van der Waals surface area (Å²) in [5, 5.41) is 8.36. The average molecular weight is 316 g/mol. The second-order valence-corrected chi connectivity index (χ2v) is 5.23. The molecule has 4 nitrogen and oxygen atoms in total. The molecule has 0 fully saturated rings. The lowest BCUT2D eigenvalue weighted by atomic mass is 10.1. The van der Waals surface area contributed by atoms with Crippen LogP contribution in [0.25, 0.3) is 16.9 Å². The molecule has 4 aromatic rings. The summed E-state index contributed by atoms with van der Waals surface area (Å²) in [6.07, 6.45) is 1.87. The quantitative estimate of drug-likeness (QED) is 0.456. The molecule has 0 saturated heterocycles. The van der Waals surface area contributed by atoms with E-state index in [1.165, 1.54) is 6.07 Å². The molecule has 0 atom stereocenters. The van der Waals surface area contributed by atoms with Crippen LogP contribution in [0.1, 0.15) is 0 Å². The van der Waals surface area contributed by atoms with Crippen LogP contribution in [0.5, 0.6) is 0 Å². The number of benzene rings is 2. The van der Waals surface area contributed by atoms with Gasteiger partial charge in [0.2, 0.25) is 0 Å². The Morgan fingerprint density at radius 3 is 2.38 bits per heavy atom. The zero-order chi connectivity index (χ0) is 16.4. The third-order valence-electron chi connectivity index (χ3n) is 3.66. The predicted molar refractivity (Wildman–Crippen MR) is 91.2 cm³/mol. The van der Waals surface area contributed by atoms with Crippen LogP contribution in [0.15, 0.2) is 89.2 Å². The molecule has 0 saturated carbocycles. The molecule has 0 unspecified atom stereocenters. The maximum atomic E-state index is 13.8. The number of aromatic nitrogens is 2. The number of nitrogens with zero attached hydrogens (tertiary/aromatic N) is 4. The van der Waals surface area contributed by atoms with Crippen molar-refractivity contribution in [3.8, 4) is 11.3 Å². The lowest BCUT2D eigenvalue weighted by Gasteiger charge is -1.99. The van der Waals surface area contributed by atoms with Gasteiger partial charge < -0.3 is 0 Å². The molecule has 0 radical (unpaired) electrons. The van der Waals surface area contributed by atoms with E-state index in [1.807, 2.05) is 59.1 Å². The highest BCUT2D eigenvalue weighted by Gasteiger charge is 2.13. The fourth-order valence-corrected chi connectivity index (χ4v) is 2.50. The minimum atomic E-state index is -0.406. The van der Waals surface area contributed by atoms with Crippen molar-refractivity contribution in [3.05, 3.63) is 84.8 Å². The largest absolute Gasteiger partial charge is 0.283 e. The Bertz CT molecular complexity index is 1020. The number of imidazole rings is 1. The van der Waals surface area contributed by atoms with Gasteiger partial charge in [-0.25, -0.2) is 9.37 Å². The Kier molecular flexibility index (Phi) is 3.59. The van der Waals surface area contributed by atoms with E-state index in [1.54, 1.807) is 18.2 Å². The van der Waals surface area contributed by atoms with Gasteiger partial charge in [0.1, 0.15) is 17.0 Å². The highest BCUT2D eigenvalue weighted by Crippen LogP contribution is 2.32. The number of pyridine rings is 1. The van der Waals surface area contributed by atoms with Gasteiger partial charge in [0.15, 0.2) is 11.6 Å². The molecule has 2 heterocycles. The van der Waals surface area contributed by atoms with E-state index in [0.29, 0.717) is 11.5 Å². The molecule has 2 aromatic heterocycles. The number of hydrogen-bond acceptors (Lipinski definition) is 3. The van der Waals surface area contributed by atoms with Crippen LogP contribution in [0.3, 0.4) is 0 Å². The molecule has 0 aliphatic heterocycles. The lowest BCUT2D eigenvalue weighted by molar-refractivity contribution is 0.628. The van der Waals surface area contributed by atoms with Gasteiger partial charge in [0, 0.05) is 11.8 Å². The number of hydrogen-bond donors (Lipinski definition) is 0. The van der Waals surface area contributed by atoms with E-state index in [2.05, 4.69) is 15.2 Å². The maximum absolute atomic E-state index is 13.8. The monoisotopic (exact) mass is 316 g/mol. The molecule has 0 aliphatic rings. The Hall–Kier alpha value is -3.34. The Labute approximate surface area is 137 Å². The van der Waals surface area contributed by atoms with Gasteiger partial charge in [0.05, 0.1) is 0 Å². The first-order valence-electron chi connectivity index (χ1n) is 7.52. The van der Waals surface area contributed by atoms with Gasteiger partial charge in [0.25, 0.3) is 0 Å². The molecule has 4 rings (SSSR count). The summed E-state index contributed by atoms with van der Waals surface area (Å²) in [4.78, 5) is 4.63.